The Kier molecular flexibility index (Phi) is 5.17. The Bertz CT molecular complexity index is 414. The van der Waals surface area contributed by atoms with E-state index in [2.05, 4.69) is 10.6 Å². The maximum atomic E-state index is 11.8. The summed E-state index contributed by atoms with van der Waals surface area (Å²) in [5.41, 5.74) is 0.861. The molecule has 0 aliphatic carbocycles. The largest absolute Gasteiger partial charge is 0.341 e. The maximum Gasteiger partial charge on any atom is 0.318 e. The lowest BCUT2D eigenvalue weighted by Gasteiger charge is -2.35. The summed E-state index contributed by atoms with van der Waals surface area (Å²) >= 11 is 0. The van der Waals surface area contributed by atoms with Gasteiger partial charge in [-0.3, -0.25) is 0 Å². The Hall–Kier alpha value is -2.24. The van der Waals surface area contributed by atoms with Crippen LogP contribution in [0.1, 0.15) is 11.7 Å². The first-order valence-corrected chi connectivity index (χ1v) is 5.97. The first kappa shape index (κ1) is 14.8. The van der Waals surface area contributed by atoms with Gasteiger partial charge in [0, 0.05) is 28.2 Å². The molecule has 0 unspecified atom stereocenters. The summed E-state index contributed by atoms with van der Waals surface area (Å²) in [6.07, 6.45) is -0.471. The minimum Gasteiger partial charge on any atom is -0.341 e. The number of hydrogen-bond acceptors (Lipinski definition) is 2. The van der Waals surface area contributed by atoms with Crippen molar-refractivity contribution < 1.29 is 9.59 Å². The van der Waals surface area contributed by atoms with Crippen molar-refractivity contribution in [2.45, 2.75) is 6.17 Å². The topological polar surface area (TPSA) is 64.7 Å². The van der Waals surface area contributed by atoms with Crippen LogP contribution in [-0.2, 0) is 0 Å². The zero-order chi connectivity index (χ0) is 14.4. The van der Waals surface area contributed by atoms with Gasteiger partial charge in [-0.15, -0.1) is 0 Å². The highest BCUT2D eigenvalue weighted by molar-refractivity contribution is 5.77. The molecule has 1 rings (SSSR count). The Morgan fingerprint density at radius 3 is 1.74 bits per heavy atom. The van der Waals surface area contributed by atoms with Crippen molar-refractivity contribution in [1.82, 2.24) is 20.4 Å². The van der Waals surface area contributed by atoms with Gasteiger partial charge in [0.1, 0.15) is 6.17 Å². The molecule has 4 amide bonds. The second-order valence-corrected chi connectivity index (χ2v) is 4.12. The van der Waals surface area contributed by atoms with E-state index in [9.17, 15) is 9.59 Å². The molecule has 104 valence electrons. The van der Waals surface area contributed by atoms with E-state index in [1.54, 1.807) is 28.2 Å². The third kappa shape index (κ3) is 3.37. The van der Waals surface area contributed by atoms with Crippen LogP contribution in [0.15, 0.2) is 30.3 Å². The van der Waals surface area contributed by atoms with Crippen molar-refractivity contribution in [2.24, 2.45) is 0 Å². The van der Waals surface area contributed by atoms with Gasteiger partial charge in [0.2, 0.25) is 0 Å². The lowest BCUT2D eigenvalue weighted by molar-refractivity contribution is 0.117. The highest BCUT2D eigenvalue weighted by atomic mass is 16.2. The van der Waals surface area contributed by atoms with Crippen LogP contribution in [0.3, 0.4) is 0 Å². The van der Waals surface area contributed by atoms with E-state index in [4.69, 9.17) is 0 Å². The fraction of sp³-hybridized carbons (Fsp3) is 0.385. The molecule has 6 heteroatoms. The van der Waals surface area contributed by atoms with Crippen molar-refractivity contribution in [3.8, 4) is 0 Å². The van der Waals surface area contributed by atoms with Crippen molar-refractivity contribution in [2.75, 3.05) is 28.2 Å². The number of urea groups is 2. The minimum atomic E-state index is -0.471. The van der Waals surface area contributed by atoms with Crippen LogP contribution in [0.5, 0.6) is 0 Å². The zero-order valence-electron chi connectivity index (χ0n) is 11.7. The molecule has 0 bridgehead atoms. The first-order valence-electron chi connectivity index (χ1n) is 5.97. The molecule has 0 aliphatic heterocycles. The smallest absolute Gasteiger partial charge is 0.318 e. The highest BCUT2D eigenvalue weighted by Crippen LogP contribution is 2.22. The number of nitrogens with one attached hydrogen (secondary N) is 2. The van der Waals surface area contributed by atoms with E-state index in [1.165, 1.54) is 9.80 Å². The molecule has 1 aromatic carbocycles. The maximum absolute atomic E-state index is 11.8. The summed E-state index contributed by atoms with van der Waals surface area (Å²) in [4.78, 5) is 26.6. The Morgan fingerprint density at radius 2 is 1.37 bits per heavy atom. The van der Waals surface area contributed by atoms with Gasteiger partial charge in [0.15, 0.2) is 0 Å². The van der Waals surface area contributed by atoms with Crippen molar-refractivity contribution in [3.63, 3.8) is 0 Å². The van der Waals surface area contributed by atoms with Gasteiger partial charge in [-0.1, -0.05) is 30.3 Å². The van der Waals surface area contributed by atoms with Crippen molar-refractivity contribution in [1.29, 1.82) is 0 Å². The fourth-order valence-corrected chi connectivity index (χ4v) is 1.91. The van der Waals surface area contributed by atoms with Crippen LogP contribution in [0.2, 0.25) is 0 Å². The van der Waals surface area contributed by atoms with Crippen LogP contribution in [0.4, 0.5) is 9.59 Å². The predicted molar refractivity (Wildman–Crippen MR) is 73.6 cm³/mol. The minimum absolute atomic E-state index is 0.260. The van der Waals surface area contributed by atoms with Gasteiger partial charge < -0.3 is 20.4 Å². The fourth-order valence-electron chi connectivity index (χ4n) is 1.91. The van der Waals surface area contributed by atoms with Gasteiger partial charge in [-0.2, -0.15) is 0 Å². The van der Waals surface area contributed by atoms with Crippen LogP contribution in [0.25, 0.3) is 0 Å². The molecular formula is C13H20N4O2. The SMILES string of the molecule is CNC(=O)N(C)C(c1ccccc1)N(C)C(=O)NC. The van der Waals surface area contributed by atoms with E-state index < -0.39 is 6.17 Å². The van der Waals surface area contributed by atoms with E-state index in [1.807, 2.05) is 30.3 Å². The van der Waals surface area contributed by atoms with E-state index in [0.29, 0.717) is 0 Å². The monoisotopic (exact) mass is 264 g/mol. The standard InChI is InChI=1S/C13H20N4O2/c1-14-12(18)16(3)11(17(4)13(19)15-2)10-8-6-5-7-9-10/h5-9,11H,1-4H3,(H,14,18)(H,15,19). The van der Waals surface area contributed by atoms with Crippen molar-refractivity contribution in [3.05, 3.63) is 35.9 Å². The van der Waals surface area contributed by atoms with Crippen LogP contribution in [-0.4, -0.2) is 50.1 Å². The predicted octanol–water partition coefficient (Wildman–Crippen LogP) is 1.23. The molecule has 0 fully saturated rings. The number of benzene rings is 1. The van der Waals surface area contributed by atoms with E-state index in [0.717, 1.165) is 5.56 Å². The molecule has 0 aliphatic rings. The van der Waals surface area contributed by atoms with Crippen molar-refractivity contribution >= 4 is 12.1 Å². The lowest BCUT2D eigenvalue weighted by Crippen LogP contribution is -2.48. The molecule has 0 heterocycles. The third-order valence-electron chi connectivity index (χ3n) is 2.90. The molecule has 2 N–H and O–H groups in total. The molecule has 0 spiro atoms. The Morgan fingerprint density at radius 1 is 0.947 bits per heavy atom. The van der Waals surface area contributed by atoms with Gasteiger partial charge in [0.25, 0.3) is 0 Å². The first-order chi connectivity index (χ1) is 9.02. The average Bonchev–Trinajstić information content (AvgIpc) is 2.46. The molecule has 19 heavy (non-hydrogen) atoms. The van der Waals surface area contributed by atoms with Gasteiger partial charge in [-0.05, 0) is 5.56 Å². The molecule has 1 aromatic rings. The quantitative estimate of drug-likeness (QED) is 0.806. The van der Waals surface area contributed by atoms with Crippen LogP contribution >= 0.6 is 0 Å². The molecule has 0 saturated carbocycles. The van der Waals surface area contributed by atoms with Gasteiger partial charge in [0.05, 0.1) is 0 Å². The summed E-state index contributed by atoms with van der Waals surface area (Å²) < 4.78 is 0. The van der Waals surface area contributed by atoms with Crippen LogP contribution in [0, 0.1) is 0 Å². The molecule has 0 atom stereocenters. The van der Waals surface area contributed by atoms with E-state index >= 15 is 0 Å². The number of rotatable bonds is 3. The lowest BCUT2D eigenvalue weighted by atomic mass is 10.1. The molecule has 0 saturated heterocycles. The number of carbonyl (C=O) groups is 2. The third-order valence-corrected chi connectivity index (χ3v) is 2.90. The summed E-state index contributed by atoms with van der Waals surface area (Å²) in [7, 11) is 6.41. The average molecular weight is 264 g/mol. The number of carbonyl (C=O) groups excluding carboxylic acids is 2. The summed E-state index contributed by atoms with van der Waals surface area (Å²) in [5.74, 6) is 0. The summed E-state index contributed by atoms with van der Waals surface area (Å²) in [6.45, 7) is 0. The molecular weight excluding hydrogens is 244 g/mol. The molecule has 0 radical (unpaired) electrons. The zero-order valence-corrected chi connectivity index (χ0v) is 11.7. The van der Waals surface area contributed by atoms with E-state index in [-0.39, 0.29) is 12.1 Å². The number of hydrogen-bond donors (Lipinski definition) is 2. The van der Waals surface area contributed by atoms with Gasteiger partial charge in [-0.25, -0.2) is 9.59 Å². The van der Waals surface area contributed by atoms with Gasteiger partial charge >= 0.3 is 12.1 Å². The normalized spacial score (nSPS) is 9.95. The molecule has 6 nitrogen and oxygen atoms in total. The number of amides is 4. The molecule has 0 aromatic heterocycles. The summed E-state index contributed by atoms with van der Waals surface area (Å²) in [6, 6.07) is 8.87. The second-order valence-electron chi connectivity index (χ2n) is 4.12. The summed E-state index contributed by atoms with van der Waals surface area (Å²) in [5, 5.41) is 5.11. The Labute approximate surface area is 113 Å². The van der Waals surface area contributed by atoms with Crippen LogP contribution < -0.4 is 10.6 Å². The second kappa shape index (κ2) is 6.63. The number of nitrogens with zero attached hydrogens (tertiary/aromatic N) is 2. The Balaban J connectivity index is 3.11. The highest BCUT2D eigenvalue weighted by Gasteiger charge is 2.27.